The van der Waals surface area contributed by atoms with Gasteiger partial charge in [0.15, 0.2) is 15.8 Å². The Hall–Kier alpha value is -4.42. The topological polar surface area (TPSA) is 111 Å². The van der Waals surface area contributed by atoms with Gasteiger partial charge in [0.1, 0.15) is 23.4 Å². The summed E-state index contributed by atoms with van der Waals surface area (Å²) in [4.78, 5) is 28.9. The first-order chi connectivity index (χ1) is 23.3. The van der Waals surface area contributed by atoms with Crippen molar-refractivity contribution in [3.63, 3.8) is 0 Å². The highest BCUT2D eigenvalue weighted by Gasteiger charge is 2.48. The van der Waals surface area contributed by atoms with Gasteiger partial charge in [-0.1, -0.05) is 67.1 Å². The third kappa shape index (κ3) is 6.91. The fourth-order valence-electron chi connectivity index (χ4n) is 5.80. The number of aromatic nitrogens is 2. The number of carbonyl (C=O) groups is 2. The highest BCUT2D eigenvalue weighted by molar-refractivity contribution is 8.00. The van der Waals surface area contributed by atoms with Crippen LogP contribution in [0.2, 0.25) is 0 Å². The van der Waals surface area contributed by atoms with Gasteiger partial charge in [0.25, 0.3) is 5.78 Å². The highest BCUT2D eigenvalue weighted by atomic mass is 32.2. The van der Waals surface area contributed by atoms with Crippen molar-refractivity contribution in [2.45, 2.75) is 68.7 Å². The second-order valence-corrected chi connectivity index (χ2v) is 13.7. The van der Waals surface area contributed by atoms with Crippen LogP contribution in [0, 0.1) is 5.82 Å². The maximum absolute atomic E-state index is 14.3. The second-order valence-electron chi connectivity index (χ2n) is 11.5. The fourth-order valence-corrected chi connectivity index (χ4v) is 7.65. The number of carbonyl (C=O) groups excluding carboxylic acids is 2. The maximum atomic E-state index is 14.3. The van der Waals surface area contributed by atoms with Gasteiger partial charge in [-0.2, -0.15) is 0 Å². The molecule has 0 saturated carbocycles. The summed E-state index contributed by atoms with van der Waals surface area (Å²) in [5, 5.41) is 20.4. The molecule has 1 N–H and O–H groups in total. The summed E-state index contributed by atoms with van der Waals surface area (Å²) in [6.07, 6.45) is 3.63. The highest BCUT2D eigenvalue weighted by Crippen LogP contribution is 2.46. The Bertz CT molecular complexity index is 1860. The standard InChI is InChI=1S/C36H36FN3O6S2/c1-4-6-9-16-45-28-15-12-22(19-29(28)44-5-2)31-30(32(41)23-13-14-27-25(18-23)17-21(3)46-27)33(42)34(43)40(31)35-38-39-36(48-35)47-20-24-10-7-8-11-26(24)37/h7-8,10-15,18-19,21,31,41H,4-6,9,16-17,20H2,1-3H3/b32-30+/t21-,31+/m1/s1. The smallest absolute Gasteiger partial charge is 0.301 e. The molecule has 2 aliphatic heterocycles. The van der Waals surface area contributed by atoms with E-state index in [4.69, 9.17) is 14.2 Å². The van der Waals surface area contributed by atoms with E-state index in [0.29, 0.717) is 57.9 Å². The number of unbranched alkanes of at least 4 members (excludes halogenated alkanes) is 2. The Kier molecular flexibility index (Phi) is 10.3. The van der Waals surface area contributed by atoms with Gasteiger partial charge in [-0.25, -0.2) is 4.39 Å². The van der Waals surface area contributed by atoms with Crippen LogP contribution in [0.1, 0.15) is 68.3 Å². The van der Waals surface area contributed by atoms with Gasteiger partial charge in [-0.05, 0) is 73.4 Å². The molecule has 12 heteroatoms. The molecule has 0 aliphatic carbocycles. The van der Waals surface area contributed by atoms with Gasteiger partial charge >= 0.3 is 5.91 Å². The van der Waals surface area contributed by atoms with Crippen molar-refractivity contribution in [1.82, 2.24) is 10.2 Å². The first-order valence-corrected chi connectivity index (χ1v) is 17.8. The second kappa shape index (κ2) is 14.8. The van der Waals surface area contributed by atoms with Crippen LogP contribution in [-0.4, -0.2) is 46.3 Å². The Morgan fingerprint density at radius 1 is 1.06 bits per heavy atom. The number of hydrogen-bond donors (Lipinski definition) is 1. The number of benzene rings is 3. The normalized spacial score (nSPS) is 18.2. The lowest BCUT2D eigenvalue weighted by atomic mass is 9.94. The number of Topliss-reactive ketones (excluding diaryl/α,β-unsaturated/α-hetero) is 1. The van der Waals surface area contributed by atoms with Gasteiger partial charge in [0.05, 0.1) is 24.8 Å². The van der Waals surface area contributed by atoms with Crippen molar-refractivity contribution in [1.29, 1.82) is 0 Å². The first-order valence-electron chi connectivity index (χ1n) is 16.0. The van der Waals surface area contributed by atoms with E-state index < -0.39 is 17.7 Å². The van der Waals surface area contributed by atoms with Crippen molar-refractivity contribution in [3.8, 4) is 17.2 Å². The van der Waals surface area contributed by atoms with Crippen molar-refractivity contribution in [2.24, 2.45) is 0 Å². The van der Waals surface area contributed by atoms with Gasteiger partial charge < -0.3 is 19.3 Å². The van der Waals surface area contributed by atoms with Crippen LogP contribution in [0.5, 0.6) is 17.2 Å². The van der Waals surface area contributed by atoms with Crippen LogP contribution >= 0.6 is 23.1 Å². The molecule has 0 unspecified atom stereocenters. The number of aliphatic hydroxyl groups is 1. The number of ketones is 1. The molecule has 3 heterocycles. The van der Waals surface area contributed by atoms with Crippen molar-refractivity contribution < 1.29 is 33.3 Å². The monoisotopic (exact) mass is 689 g/mol. The molecular weight excluding hydrogens is 654 g/mol. The van der Waals surface area contributed by atoms with E-state index in [1.165, 1.54) is 22.7 Å². The number of nitrogens with zero attached hydrogens (tertiary/aromatic N) is 3. The van der Waals surface area contributed by atoms with E-state index in [2.05, 4.69) is 17.1 Å². The zero-order valence-corrected chi connectivity index (χ0v) is 28.5. The molecule has 6 rings (SSSR count). The largest absolute Gasteiger partial charge is 0.507 e. The molecule has 1 saturated heterocycles. The molecule has 3 aromatic carbocycles. The summed E-state index contributed by atoms with van der Waals surface area (Å²) in [6, 6.07) is 15.9. The van der Waals surface area contributed by atoms with Crippen molar-refractivity contribution >= 4 is 45.7 Å². The Morgan fingerprint density at radius 3 is 2.69 bits per heavy atom. The number of aliphatic hydroxyl groups excluding tert-OH is 1. The third-order valence-electron chi connectivity index (χ3n) is 8.11. The summed E-state index contributed by atoms with van der Waals surface area (Å²) in [6.45, 7) is 6.83. The lowest BCUT2D eigenvalue weighted by Gasteiger charge is -2.23. The van der Waals surface area contributed by atoms with Crippen molar-refractivity contribution in [2.75, 3.05) is 18.1 Å². The van der Waals surface area contributed by atoms with Crippen molar-refractivity contribution in [3.05, 3.63) is 94.3 Å². The molecule has 2 aliphatic rings. The van der Waals surface area contributed by atoms with Crippen LogP contribution in [0.15, 0.2) is 70.6 Å². The minimum Gasteiger partial charge on any atom is -0.507 e. The first kappa shape index (κ1) is 33.5. The lowest BCUT2D eigenvalue weighted by molar-refractivity contribution is -0.132. The summed E-state index contributed by atoms with van der Waals surface area (Å²) in [5.74, 6) is -0.294. The summed E-state index contributed by atoms with van der Waals surface area (Å²) in [7, 11) is 0. The van der Waals surface area contributed by atoms with E-state index in [1.807, 2.05) is 13.8 Å². The van der Waals surface area contributed by atoms with Crippen LogP contribution in [0.3, 0.4) is 0 Å². The Morgan fingerprint density at radius 2 is 1.90 bits per heavy atom. The average Bonchev–Trinajstić information content (AvgIpc) is 3.77. The van der Waals surface area contributed by atoms with Crippen LogP contribution in [-0.2, 0) is 21.8 Å². The number of fused-ring (bicyclic) bond motifs is 1. The predicted octanol–water partition coefficient (Wildman–Crippen LogP) is 7.89. The van der Waals surface area contributed by atoms with E-state index in [1.54, 1.807) is 54.6 Å². The number of rotatable bonds is 13. The van der Waals surface area contributed by atoms with E-state index in [0.717, 1.165) is 41.9 Å². The SMILES string of the molecule is CCCCCOc1ccc([C@H]2/C(=C(\O)c3ccc4c(c3)C[C@@H](C)O4)C(=O)C(=O)N2c2nnc(SCc3ccccc3F)s2)cc1OCC. The third-order valence-corrected chi connectivity index (χ3v) is 10.2. The van der Waals surface area contributed by atoms with Gasteiger partial charge in [-0.3, -0.25) is 14.5 Å². The maximum Gasteiger partial charge on any atom is 0.301 e. The van der Waals surface area contributed by atoms with E-state index >= 15 is 0 Å². The molecule has 48 heavy (non-hydrogen) atoms. The summed E-state index contributed by atoms with van der Waals surface area (Å²) in [5.41, 5.74) is 2.25. The molecule has 1 aromatic heterocycles. The fraction of sp³-hybridized carbons (Fsp3) is 0.333. The van der Waals surface area contributed by atoms with E-state index in [-0.39, 0.29) is 28.4 Å². The number of thioether (sulfide) groups is 1. The van der Waals surface area contributed by atoms with E-state index in [9.17, 15) is 19.1 Å². The zero-order valence-electron chi connectivity index (χ0n) is 26.9. The number of ether oxygens (including phenoxy) is 3. The summed E-state index contributed by atoms with van der Waals surface area (Å²) >= 11 is 2.39. The van der Waals surface area contributed by atoms with Crippen LogP contribution in [0.4, 0.5) is 9.52 Å². The predicted molar refractivity (Wildman–Crippen MR) is 184 cm³/mol. The molecule has 1 fully saturated rings. The zero-order chi connectivity index (χ0) is 33.8. The van der Waals surface area contributed by atoms with Gasteiger partial charge in [0.2, 0.25) is 5.13 Å². The Balaban J connectivity index is 1.40. The minimum absolute atomic E-state index is 0.00878. The molecule has 0 spiro atoms. The molecule has 0 radical (unpaired) electrons. The molecule has 0 bridgehead atoms. The molecule has 2 atom stereocenters. The van der Waals surface area contributed by atoms with Crippen LogP contribution in [0.25, 0.3) is 5.76 Å². The quantitative estimate of drug-likeness (QED) is 0.0374. The lowest BCUT2D eigenvalue weighted by Crippen LogP contribution is -2.29. The molecule has 1 amide bonds. The molecular formula is C36H36FN3O6S2. The number of hydrogen-bond acceptors (Lipinski definition) is 10. The number of anilines is 1. The van der Waals surface area contributed by atoms with Gasteiger partial charge in [-0.15, -0.1) is 10.2 Å². The molecule has 250 valence electrons. The molecule has 4 aromatic rings. The molecule has 9 nitrogen and oxygen atoms in total. The number of halogens is 1. The Labute approximate surface area is 286 Å². The van der Waals surface area contributed by atoms with Gasteiger partial charge in [0, 0.05) is 17.7 Å². The number of amides is 1. The average molecular weight is 690 g/mol. The summed E-state index contributed by atoms with van der Waals surface area (Å²) < 4.78 is 32.6. The minimum atomic E-state index is -1.04. The van der Waals surface area contributed by atoms with Crippen LogP contribution < -0.4 is 19.1 Å².